The van der Waals surface area contributed by atoms with Crippen LogP contribution < -0.4 is 22.4 Å². The van der Waals surface area contributed by atoms with Crippen LogP contribution in [0.4, 0.5) is 0 Å². The molecule has 0 radical (unpaired) electrons. The zero-order valence-electron chi connectivity index (χ0n) is 12.8. The fourth-order valence-electron chi connectivity index (χ4n) is 2.83. The third-order valence-corrected chi connectivity index (χ3v) is 4.35. The molecular weight excluding hydrogens is 288 g/mol. The number of nitrogens with one attached hydrogen (secondary N) is 2. The van der Waals surface area contributed by atoms with Gasteiger partial charge in [0.25, 0.3) is 0 Å². The molecule has 8 heteroatoms. The molecule has 2 fully saturated rings. The van der Waals surface area contributed by atoms with Crippen molar-refractivity contribution in [3.63, 3.8) is 0 Å². The molecule has 0 aromatic heterocycles. The Labute approximate surface area is 130 Å². The van der Waals surface area contributed by atoms with E-state index >= 15 is 0 Å². The topological polar surface area (TPSA) is 129 Å². The highest BCUT2D eigenvalue weighted by atomic mass is 16.7. The zero-order valence-corrected chi connectivity index (χ0v) is 12.8. The molecule has 0 unspecified atom stereocenters. The summed E-state index contributed by atoms with van der Waals surface area (Å²) < 4.78 is 0. The van der Waals surface area contributed by atoms with Crippen molar-refractivity contribution in [1.29, 1.82) is 0 Å². The summed E-state index contributed by atoms with van der Waals surface area (Å²) in [5.41, 5.74) is 16.8. The van der Waals surface area contributed by atoms with Gasteiger partial charge in [0, 0.05) is 24.2 Å². The van der Waals surface area contributed by atoms with Gasteiger partial charge >= 0.3 is 11.9 Å². The van der Waals surface area contributed by atoms with Gasteiger partial charge in [-0.05, 0) is 51.4 Å². The predicted molar refractivity (Wildman–Crippen MR) is 78.9 cm³/mol. The quantitative estimate of drug-likeness (QED) is 0.408. The molecule has 2 aliphatic carbocycles. The number of carbonyl (C=O) groups is 2. The van der Waals surface area contributed by atoms with Crippen LogP contribution in [0.15, 0.2) is 0 Å². The summed E-state index contributed by atoms with van der Waals surface area (Å²) in [6.45, 7) is 0. The fourth-order valence-corrected chi connectivity index (χ4v) is 2.83. The van der Waals surface area contributed by atoms with Gasteiger partial charge in [0.1, 0.15) is 0 Å². The van der Waals surface area contributed by atoms with Crippen LogP contribution in [0.25, 0.3) is 0 Å². The molecule has 0 atom stereocenters. The highest BCUT2D eigenvalue weighted by Crippen LogP contribution is 2.17. The second-order valence-corrected chi connectivity index (χ2v) is 6.24. The first-order valence-corrected chi connectivity index (χ1v) is 7.98. The van der Waals surface area contributed by atoms with E-state index in [0.29, 0.717) is 0 Å². The summed E-state index contributed by atoms with van der Waals surface area (Å²) in [6.07, 6.45) is 6.81. The molecule has 0 aromatic rings. The molecule has 2 saturated carbocycles. The Bertz CT molecular complexity index is 341. The summed E-state index contributed by atoms with van der Waals surface area (Å²) in [6, 6.07) is 0.520. The molecule has 0 amide bonds. The molecule has 0 heterocycles. The van der Waals surface area contributed by atoms with E-state index in [4.69, 9.17) is 21.1 Å². The molecule has 0 bridgehead atoms. The van der Waals surface area contributed by atoms with Crippen molar-refractivity contribution >= 4 is 11.9 Å². The second kappa shape index (κ2) is 8.42. The van der Waals surface area contributed by atoms with Crippen LogP contribution in [0.1, 0.15) is 51.4 Å². The van der Waals surface area contributed by atoms with Gasteiger partial charge in [-0.15, -0.1) is 11.0 Å². The maximum absolute atomic E-state index is 11.5. The average Bonchev–Trinajstić information content (AvgIpc) is 2.53. The fraction of sp³-hybridized carbons (Fsp3) is 0.857. The van der Waals surface area contributed by atoms with Gasteiger partial charge in [0.05, 0.1) is 0 Å². The molecule has 0 aromatic carbocycles. The van der Waals surface area contributed by atoms with Crippen LogP contribution >= 0.6 is 0 Å². The van der Waals surface area contributed by atoms with Crippen molar-refractivity contribution < 1.29 is 19.3 Å². The van der Waals surface area contributed by atoms with Crippen LogP contribution in [0.5, 0.6) is 0 Å². The van der Waals surface area contributed by atoms with E-state index in [-0.39, 0.29) is 24.2 Å². The maximum atomic E-state index is 11.5. The first-order valence-electron chi connectivity index (χ1n) is 7.98. The van der Waals surface area contributed by atoms with Crippen LogP contribution in [0.3, 0.4) is 0 Å². The van der Waals surface area contributed by atoms with E-state index in [2.05, 4.69) is 11.0 Å². The lowest BCUT2D eigenvalue weighted by atomic mass is 9.92. The number of hydroxylamine groups is 2. The van der Waals surface area contributed by atoms with Gasteiger partial charge in [-0.1, -0.05) is 0 Å². The summed E-state index contributed by atoms with van der Waals surface area (Å²) in [5, 5.41) is 0. The molecule has 22 heavy (non-hydrogen) atoms. The van der Waals surface area contributed by atoms with Gasteiger partial charge in [-0.25, -0.2) is 9.59 Å². The van der Waals surface area contributed by atoms with Crippen molar-refractivity contribution in [1.82, 2.24) is 11.0 Å². The first kappa shape index (κ1) is 17.1. The molecule has 2 aliphatic rings. The Morgan fingerprint density at radius 3 is 1.32 bits per heavy atom. The van der Waals surface area contributed by atoms with E-state index < -0.39 is 11.9 Å². The van der Waals surface area contributed by atoms with E-state index in [1.807, 2.05) is 0 Å². The summed E-state index contributed by atoms with van der Waals surface area (Å²) in [5.74, 6) is -2.09. The average molecular weight is 314 g/mol. The number of hydrogen-bond acceptors (Lipinski definition) is 8. The highest BCUT2D eigenvalue weighted by molar-refractivity contribution is 6.29. The third kappa shape index (κ3) is 5.53. The normalized spacial score (nSPS) is 32.3. The molecule has 8 nitrogen and oxygen atoms in total. The third-order valence-electron chi connectivity index (χ3n) is 4.35. The van der Waals surface area contributed by atoms with Crippen molar-refractivity contribution in [2.45, 2.75) is 75.5 Å². The number of hydrogen-bond donors (Lipinski definition) is 4. The Balaban J connectivity index is 1.59. The summed E-state index contributed by atoms with van der Waals surface area (Å²) in [4.78, 5) is 32.6. The van der Waals surface area contributed by atoms with Gasteiger partial charge < -0.3 is 21.1 Å². The minimum atomic E-state index is -1.05. The number of carbonyl (C=O) groups excluding carboxylic acids is 2. The molecule has 2 rings (SSSR count). The lowest BCUT2D eigenvalue weighted by Crippen LogP contribution is -2.42. The maximum Gasteiger partial charge on any atom is 0.437 e. The summed E-state index contributed by atoms with van der Waals surface area (Å²) in [7, 11) is 0. The van der Waals surface area contributed by atoms with Crippen molar-refractivity contribution in [3.8, 4) is 0 Å². The summed E-state index contributed by atoms with van der Waals surface area (Å²) >= 11 is 0. The van der Waals surface area contributed by atoms with E-state index in [1.54, 1.807) is 0 Å². The Kier molecular flexibility index (Phi) is 6.56. The largest absolute Gasteiger partial charge is 0.437 e. The zero-order chi connectivity index (χ0) is 15.9. The molecule has 6 N–H and O–H groups in total. The Morgan fingerprint density at radius 1 is 0.682 bits per heavy atom. The molecular formula is C14H26N4O4. The lowest BCUT2D eigenvalue weighted by Gasteiger charge is -2.26. The van der Waals surface area contributed by atoms with Crippen molar-refractivity contribution in [2.24, 2.45) is 11.5 Å². The van der Waals surface area contributed by atoms with Crippen LogP contribution in [-0.2, 0) is 19.3 Å². The minimum absolute atomic E-state index is 0.0457. The highest BCUT2D eigenvalue weighted by Gasteiger charge is 2.25. The monoisotopic (exact) mass is 314 g/mol. The van der Waals surface area contributed by atoms with Crippen molar-refractivity contribution in [2.75, 3.05) is 0 Å². The van der Waals surface area contributed by atoms with Gasteiger partial charge in [0.2, 0.25) is 0 Å². The van der Waals surface area contributed by atoms with Crippen LogP contribution in [0, 0.1) is 0 Å². The van der Waals surface area contributed by atoms with Gasteiger partial charge in [-0.3, -0.25) is 0 Å². The number of nitrogens with two attached hydrogens (primary N) is 2. The molecule has 0 aliphatic heterocycles. The van der Waals surface area contributed by atoms with Crippen molar-refractivity contribution in [3.05, 3.63) is 0 Å². The van der Waals surface area contributed by atoms with E-state index in [1.165, 1.54) is 0 Å². The number of rotatable bonds is 4. The van der Waals surface area contributed by atoms with E-state index in [0.717, 1.165) is 51.4 Å². The lowest BCUT2D eigenvalue weighted by molar-refractivity contribution is -0.179. The van der Waals surface area contributed by atoms with E-state index in [9.17, 15) is 9.59 Å². The second-order valence-electron chi connectivity index (χ2n) is 6.24. The molecule has 0 spiro atoms. The molecule has 0 saturated heterocycles. The van der Waals surface area contributed by atoms with Gasteiger partial charge in [0.15, 0.2) is 0 Å². The minimum Gasteiger partial charge on any atom is -0.362 e. The van der Waals surface area contributed by atoms with Crippen LogP contribution in [0.2, 0.25) is 0 Å². The smallest absolute Gasteiger partial charge is 0.362 e. The Hall–Kier alpha value is -1.22. The molecule has 126 valence electrons. The SMILES string of the molecule is NC1CCC(NOC(=O)C(=O)ONC2CCC(N)CC2)CC1. The van der Waals surface area contributed by atoms with Crippen LogP contribution in [-0.4, -0.2) is 36.1 Å². The first-order chi connectivity index (χ1) is 10.5. The standard InChI is InChI=1S/C14H26N4O4/c15-9-1-5-11(6-2-9)17-21-13(19)14(20)22-18-12-7-3-10(16)4-8-12/h9-12,17-18H,1-8,15-16H2. The van der Waals surface area contributed by atoms with Gasteiger partial charge in [-0.2, -0.15) is 0 Å². The predicted octanol–water partition coefficient (Wildman–Crippen LogP) is -0.378. The Morgan fingerprint density at radius 2 is 1.00 bits per heavy atom.